The Morgan fingerprint density at radius 1 is 1.32 bits per heavy atom. The maximum atomic E-state index is 11.8. The maximum Gasteiger partial charge on any atom is 0.323 e. The van der Waals surface area contributed by atoms with Crippen molar-refractivity contribution in [2.45, 2.75) is 43.6 Å². The smallest absolute Gasteiger partial charge is 0.216 e. The first-order valence-corrected chi connectivity index (χ1v) is 7.77. The van der Waals surface area contributed by atoms with E-state index in [0.717, 1.165) is 19.3 Å². The van der Waals surface area contributed by atoms with E-state index in [-0.39, 0.29) is 11.0 Å². The zero-order chi connectivity index (χ0) is 14.1. The van der Waals surface area contributed by atoms with E-state index in [9.17, 15) is 8.42 Å². The zero-order valence-electron chi connectivity index (χ0n) is 11.1. The molecule has 1 aromatic rings. The highest BCUT2D eigenvalue weighted by atomic mass is 32.2. The largest absolute Gasteiger partial charge is 0.323 e. The van der Waals surface area contributed by atoms with Gasteiger partial charge in [-0.15, -0.1) is 10.9 Å². The fraction of sp³-hybridized carbons (Fsp3) is 0.429. The molecule has 0 amide bonds. The van der Waals surface area contributed by atoms with Crippen LogP contribution in [-0.4, -0.2) is 14.5 Å². The molecule has 0 aromatic heterocycles. The minimum absolute atomic E-state index is 0.0860. The molecule has 0 aliphatic heterocycles. The minimum atomic E-state index is -3.86. The third-order valence-corrected chi connectivity index (χ3v) is 3.71. The molecule has 1 rings (SSSR count). The number of hydrogen-bond donors (Lipinski definition) is 0. The van der Waals surface area contributed by atoms with Crippen LogP contribution in [-0.2, 0) is 19.3 Å². The first kappa shape index (κ1) is 15.9. The Morgan fingerprint density at radius 2 is 2.00 bits per heavy atom. The molecule has 0 saturated carbocycles. The lowest BCUT2D eigenvalue weighted by Gasteiger charge is -2.14. The van der Waals surface area contributed by atoms with Gasteiger partial charge in [0.2, 0.25) is 0 Å². The Labute approximate surface area is 115 Å². The number of hydrogen-bond acceptors (Lipinski definition) is 4. The van der Waals surface area contributed by atoms with Crippen LogP contribution in [0.5, 0.6) is 0 Å². The summed E-state index contributed by atoms with van der Waals surface area (Å²) in [4.78, 5) is 5.13. The van der Waals surface area contributed by atoms with Crippen molar-refractivity contribution in [2.24, 2.45) is 0 Å². The highest BCUT2D eigenvalue weighted by Gasteiger charge is 2.18. The summed E-state index contributed by atoms with van der Waals surface area (Å²) in [5.41, 5.74) is 0. The molecule has 1 aromatic carbocycles. The van der Waals surface area contributed by atoms with Gasteiger partial charge in [0.25, 0.3) is 0 Å². The van der Waals surface area contributed by atoms with Crippen LogP contribution in [0.1, 0.15) is 32.6 Å². The molecule has 0 spiro atoms. The molecule has 4 nitrogen and oxygen atoms in total. The van der Waals surface area contributed by atoms with E-state index >= 15 is 0 Å². The van der Waals surface area contributed by atoms with Crippen LogP contribution in [0.4, 0.5) is 0 Å². The average molecular weight is 284 g/mol. The minimum Gasteiger partial charge on any atom is -0.216 e. The summed E-state index contributed by atoms with van der Waals surface area (Å²) in [5.74, 6) is 0. The Balaban J connectivity index is 2.60. The van der Waals surface area contributed by atoms with E-state index in [4.69, 9.17) is 4.89 Å². The SMILES string of the molecule is C=CCC(CCCC)OOS(=O)(=O)c1ccccc1. The number of unbranched alkanes of at least 4 members (excludes halogenated alkanes) is 1. The highest BCUT2D eigenvalue weighted by molar-refractivity contribution is 7.86. The van der Waals surface area contributed by atoms with Crippen molar-refractivity contribution < 1.29 is 17.6 Å². The van der Waals surface area contributed by atoms with Crippen molar-refractivity contribution in [1.29, 1.82) is 0 Å². The van der Waals surface area contributed by atoms with Gasteiger partial charge in [-0.05, 0) is 25.0 Å². The third-order valence-electron chi connectivity index (χ3n) is 2.61. The molecule has 106 valence electrons. The summed E-state index contributed by atoms with van der Waals surface area (Å²) in [6.45, 7) is 5.69. The van der Waals surface area contributed by atoms with Gasteiger partial charge in [-0.25, -0.2) is 4.89 Å². The van der Waals surface area contributed by atoms with Crippen molar-refractivity contribution >= 4 is 10.1 Å². The Kier molecular flexibility index (Phi) is 6.77. The monoisotopic (exact) mass is 284 g/mol. The second-order valence-corrected chi connectivity index (χ2v) is 5.74. The molecule has 5 heteroatoms. The van der Waals surface area contributed by atoms with Gasteiger partial charge < -0.3 is 0 Å². The standard InChI is InChI=1S/C14H20O4S/c1-3-5-10-13(9-4-2)17-18-19(15,16)14-11-7-6-8-12-14/h4,6-8,11-13H,2-3,5,9-10H2,1H3. The normalized spacial score (nSPS) is 13.1. The number of rotatable bonds is 9. The van der Waals surface area contributed by atoms with E-state index in [1.807, 2.05) is 0 Å². The lowest BCUT2D eigenvalue weighted by Crippen LogP contribution is -2.16. The van der Waals surface area contributed by atoms with Gasteiger partial charge in [0.05, 0.1) is 11.0 Å². The van der Waals surface area contributed by atoms with E-state index in [2.05, 4.69) is 17.8 Å². The van der Waals surface area contributed by atoms with Gasteiger partial charge in [0.15, 0.2) is 0 Å². The van der Waals surface area contributed by atoms with Crippen molar-refractivity contribution in [1.82, 2.24) is 0 Å². The second-order valence-electron chi connectivity index (χ2n) is 4.22. The highest BCUT2D eigenvalue weighted by Crippen LogP contribution is 2.16. The van der Waals surface area contributed by atoms with Crippen molar-refractivity contribution in [3.63, 3.8) is 0 Å². The quantitative estimate of drug-likeness (QED) is 0.396. The Hall–Kier alpha value is -1.17. The van der Waals surface area contributed by atoms with Crippen LogP contribution < -0.4 is 0 Å². The summed E-state index contributed by atoms with van der Waals surface area (Å²) in [6, 6.07) is 7.94. The van der Waals surface area contributed by atoms with Crippen molar-refractivity contribution in [2.75, 3.05) is 0 Å². The molecule has 0 radical (unpaired) electrons. The van der Waals surface area contributed by atoms with E-state index in [1.54, 1.807) is 24.3 Å². The lowest BCUT2D eigenvalue weighted by molar-refractivity contribution is -0.241. The van der Waals surface area contributed by atoms with Crippen LogP contribution >= 0.6 is 0 Å². The fourth-order valence-electron chi connectivity index (χ4n) is 1.56. The second kappa shape index (κ2) is 8.09. The predicted molar refractivity (Wildman–Crippen MR) is 73.9 cm³/mol. The molecule has 19 heavy (non-hydrogen) atoms. The fourth-order valence-corrected chi connectivity index (χ4v) is 2.34. The molecule has 0 bridgehead atoms. The molecular formula is C14H20O4S. The van der Waals surface area contributed by atoms with Gasteiger partial charge in [-0.1, -0.05) is 44.0 Å². The third kappa shape index (κ3) is 5.55. The van der Waals surface area contributed by atoms with Gasteiger partial charge in [0.1, 0.15) is 0 Å². The molecule has 0 fully saturated rings. The van der Waals surface area contributed by atoms with Gasteiger partial charge in [-0.2, -0.15) is 8.42 Å². The summed E-state index contributed by atoms with van der Waals surface area (Å²) < 4.78 is 28.3. The van der Waals surface area contributed by atoms with Crippen molar-refractivity contribution in [3.8, 4) is 0 Å². The average Bonchev–Trinajstić information content (AvgIpc) is 2.43. The van der Waals surface area contributed by atoms with Crippen LogP contribution in [0.2, 0.25) is 0 Å². The molecule has 0 heterocycles. The first-order chi connectivity index (χ1) is 9.10. The molecule has 1 unspecified atom stereocenters. The summed E-state index contributed by atoms with van der Waals surface area (Å²) in [7, 11) is -3.86. The topological polar surface area (TPSA) is 52.6 Å². The molecule has 0 aliphatic carbocycles. The van der Waals surface area contributed by atoms with Crippen LogP contribution in [0.25, 0.3) is 0 Å². The number of benzene rings is 1. The van der Waals surface area contributed by atoms with Gasteiger partial charge in [-0.3, -0.25) is 0 Å². The molecule has 0 N–H and O–H groups in total. The Bertz CT molecular complexity index is 467. The van der Waals surface area contributed by atoms with Crippen LogP contribution in [0.3, 0.4) is 0 Å². The molecular weight excluding hydrogens is 264 g/mol. The van der Waals surface area contributed by atoms with Crippen molar-refractivity contribution in [3.05, 3.63) is 43.0 Å². The van der Waals surface area contributed by atoms with E-state index in [0.29, 0.717) is 6.42 Å². The van der Waals surface area contributed by atoms with Gasteiger partial charge in [0, 0.05) is 0 Å². The molecule has 0 saturated heterocycles. The molecule has 1 atom stereocenters. The van der Waals surface area contributed by atoms with E-state index in [1.165, 1.54) is 12.1 Å². The van der Waals surface area contributed by atoms with Gasteiger partial charge >= 0.3 is 10.1 Å². The molecule has 0 aliphatic rings. The predicted octanol–water partition coefficient (Wildman–Crippen LogP) is 3.46. The first-order valence-electron chi connectivity index (χ1n) is 6.36. The summed E-state index contributed by atoms with van der Waals surface area (Å²) in [6.07, 6.45) is 4.68. The van der Waals surface area contributed by atoms with Crippen LogP contribution in [0, 0.1) is 0 Å². The lowest BCUT2D eigenvalue weighted by atomic mass is 10.1. The van der Waals surface area contributed by atoms with Crippen LogP contribution in [0.15, 0.2) is 47.9 Å². The zero-order valence-corrected chi connectivity index (χ0v) is 11.9. The van der Waals surface area contributed by atoms with E-state index < -0.39 is 10.1 Å². The maximum absolute atomic E-state index is 11.8. The summed E-state index contributed by atoms with van der Waals surface area (Å²) in [5, 5.41) is 0. The summed E-state index contributed by atoms with van der Waals surface area (Å²) >= 11 is 0. The Morgan fingerprint density at radius 3 is 2.58 bits per heavy atom.